The zero-order chi connectivity index (χ0) is 13.9. The third kappa shape index (κ3) is 2.83. The average Bonchev–Trinajstić information content (AvgIpc) is 2.93. The van der Waals surface area contributed by atoms with Crippen LogP contribution in [0.2, 0.25) is 0 Å². The number of anilines is 2. The summed E-state index contributed by atoms with van der Waals surface area (Å²) in [6.45, 7) is 3.40. The van der Waals surface area contributed by atoms with E-state index in [1.807, 2.05) is 11.4 Å². The summed E-state index contributed by atoms with van der Waals surface area (Å²) in [5, 5.41) is 6.36. The maximum Gasteiger partial charge on any atom is 0.240 e. The van der Waals surface area contributed by atoms with E-state index in [2.05, 4.69) is 32.7 Å². The Hall–Kier alpha value is -1.48. The van der Waals surface area contributed by atoms with Crippen LogP contribution in [0.5, 0.6) is 0 Å². The van der Waals surface area contributed by atoms with Gasteiger partial charge in [-0.15, -0.1) is 11.3 Å². The fourth-order valence-electron chi connectivity index (χ4n) is 2.26. The van der Waals surface area contributed by atoms with Crippen LogP contribution in [0.25, 0.3) is 10.2 Å². The van der Waals surface area contributed by atoms with Crippen LogP contribution in [-0.4, -0.2) is 54.3 Å². The van der Waals surface area contributed by atoms with Crippen molar-refractivity contribution in [1.29, 1.82) is 0 Å². The normalized spacial score (nSPS) is 20.2. The van der Waals surface area contributed by atoms with Crippen molar-refractivity contribution in [1.82, 2.24) is 14.9 Å². The number of hydrazine groups is 1. The van der Waals surface area contributed by atoms with Gasteiger partial charge in [0.1, 0.15) is 10.6 Å². The van der Waals surface area contributed by atoms with Crippen molar-refractivity contribution >= 4 is 33.3 Å². The molecule has 1 atom stereocenters. The topological polar surface area (TPSA) is 88.3 Å². The van der Waals surface area contributed by atoms with Crippen LogP contribution in [-0.2, 0) is 4.74 Å². The molecule has 1 aliphatic rings. The number of nitrogen functional groups attached to an aromatic ring is 1. The average molecular weight is 294 g/mol. The van der Waals surface area contributed by atoms with Gasteiger partial charge in [-0.2, -0.15) is 4.98 Å². The zero-order valence-corrected chi connectivity index (χ0v) is 12.1. The van der Waals surface area contributed by atoms with Gasteiger partial charge in [-0.3, -0.25) is 5.43 Å². The summed E-state index contributed by atoms with van der Waals surface area (Å²) in [5.41, 5.74) is 2.50. The fourth-order valence-corrected chi connectivity index (χ4v) is 3.02. The minimum atomic E-state index is 0.173. The number of nitrogens with zero attached hydrogens (tertiary/aromatic N) is 3. The van der Waals surface area contributed by atoms with Crippen LogP contribution in [0.4, 0.5) is 11.8 Å². The first-order chi connectivity index (χ1) is 9.76. The minimum absolute atomic E-state index is 0.173. The summed E-state index contributed by atoms with van der Waals surface area (Å²) in [6, 6.07) is 2.01. The highest BCUT2D eigenvalue weighted by Crippen LogP contribution is 2.26. The van der Waals surface area contributed by atoms with Crippen molar-refractivity contribution in [2.75, 3.05) is 44.0 Å². The molecule has 20 heavy (non-hydrogen) atoms. The van der Waals surface area contributed by atoms with Crippen LogP contribution in [0.15, 0.2) is 11.4 Å². The summed E-state index contributed by atoms with van der Waals surface area (Å²) in [7, 11) is 2.10. The molecular weight excluding hydrogens is 276 g/mol. The number of likely N-dealkylation sites (N-methyl/N-ethyl adjacent to an activating group) is 1. The standard InChI is InChI=1S/C12H18N6OS/c1-18-3-4-19-8(7-18)6-14-10-9-2-5-20-11(9)16-12(15-10)17-13/h2,5,8H,3-4,6-7,13H2,1H3,(H2,14,15,16,17). The molecule has 3 rings (SSSR count). The first kappa shape index (κ1) is 13.5. The highest BCUT2D eigenvalue weighted by molar-refractivity contribution is 7.16. The van der Waals surface area contributed by atoms with Crippen molar-refractivity contribution in [2.24, 2.45) is 5.84 Å². The monoisotopic (exact) mass is 294 g/mol. The molecule has 3 heterocycles. The van der Waals surface area contributed by atoms with Crippen LogP contribution in [0.3, 0.4) is 0 Å². The van der Waals surface area contributed by atoms with E-state index in [-0.39, 0.29) is 6.10 Å². The van der Waals surface area contributed by atoms with Gasteiger partial charge in [0, 0.05) is 19.6 Å². The molecule has 7 nitrogen and oxygen atoms in total. The third-order valence-electron chi connectivity index (χ3n) is 3.29. The van der Waals surface area contributed by atoms with Gasteiger partial charge in [-0.05, 0) is 18.5 Å². The number of ether oxygens (including phenoxy) is 1. The fraction of sp³-hybridized carbons (Fsp3) is 0.500. The lowest BCUT2D eigenvalue weighted by Crippen LogP contribution is -2.43. The molecule has 0 radical (unpaired) electrons. The van der Waals surface area contributed by atoms with Crippen molar-refractivity contribution in [3.05, 3.63) is 11.4 Å². The third-order valence-corrected chi connectivity index (χ3v) is 4.10. The Balaban J connectivity index is 1.74. The van der Waals surface area contributed by atoms with E-state index in [0.717, 1.165) is 42.3 Å². The second-order valence-electron chi connectivity index (χ2n) is 4.82. The Bertz CT molecular complexity index is 588. The Morgan fingerprint density at radius 1 is 1.55 bits per heavy atom. The Labute approximate surface area is 121 Å². The highest BCUT2D eigenvalue weighted by atomic mass is 32.1. The lowest BCUT2D eigenvalue weighted by molar-refractivity contribution is -0.0117. The molecule has 108 valence electrons. The molecule has 2 aromatic rings. The number of hydrogen-bond donors (Lipinski definition) is 3. The van der Waals surface area contributed by atoms with Gasteiger partial charge in [0.25, 0.3) is 0 Å². The second-order valence-corrected chi connectivity index (χ2v) is 5.71. The summed E-state index contributed by atoms with van der Waals surface area (Å²) >= 11 is 1.57. The number of morpholine rings is 1. The molecule has 1 saturated heterocycles. The van der Waals surface area contributed by atoms with Gasteiger partial charge in [0.15, 0.2) is 0 Å². The van der Waals surface area contributed by atoms with E-state index in [9.17, 15) is 0 Å². The van der Waals surface area contributed by atoms with E-state index in [4.69, 9.17) is 10.6 Å². The molecule has 1 fully saturated rings. The molecule has 0 amide bonds. The first-order valence-electron chi connectivity index (χ1n) is 6.52. The Kier molecular flexibility index (Phi) is 3.97. The van der Waals surface area contributed by atoms with Crippen LogP contribution < -0.4 is 16.6 Å². The first-order valence-corrected chi connectivity index (χ1v) is 7.40. The molecule has 0 aromatic carbocycles. The van der Waals surface area contributed by atoms with Crippen molar-refractivity contribution in [3.63, 3.8) is 0 Å². The number of rotatable bonds is 4. The van der Waals surface area contributed by atoms with Gasteiger partial charge < -0.3 is 15.0 Å². The second kappa shape index (κ2) is 5.88. The molecule has 0 spiro atoms. The molecule has 2 aromatic heterocycles. The van der Waals surface area contributed by atoms with Crippen molar-refractivity contribution in [3.8, 4) is 0 Å². The van der Waals surface area contributed by atoms with E-state index in [0.29, 0.717) is 5.95 Å². The summed E-state index contributed by atoms with van der Waals surface area (Å²) < 4.78 is 5.73. The minimum Gasteiger partial charge on any atom is -0.374 e. The molecule has 1 aliphatic heterocycles. The summed E-state index contributed by atoms with van der Waals surface area (Å²) in [4.78, 5) is 11.9. The summed E-state index contributed by atoms with van der Waals surface area (Å²) in [6.07, 6.45) is 0.173. The van der Waals surface area contributed by atoms with Crippen LogP contribution in [0, 0.1) is 0 Å². The van der Waals surface area contributed by atoms with Gasteiger partial charge in [0.2, 0.25) is 5.95 Å². The Morgan fingerprint density at radius 2 is 2.45 bits per heavy atom. The molecule has 0 aliphatic carbocycles. The largest absolute Gasteiger partial charge is 0.374 e. The number of hydrogen-bond acceptors (Lipinski definition) is 8. The molecule has 0 bridgehead atoms. The number of aromatic nitrogens is 2. The van der Waals surface area contributed by atoms with E-state index in [1.165, 1.54) is 0 Å². The van der Waals surface area contributed by atoms with Crippen molar-refractivity contribution < 1.29 is 4.74 Å². The van der Waals surface area contributed by atoms with E-state index < -0.39 is 0 Å². The zero-order valence-electron chi connectivity index (χ0n) is 11.3. The maximum absolute atomic E-state index is 5.73. The summed E-state index contributed by atoms with van der Waals surface area (Å²) in [5.74, 6) is 6.62. The van der Waals surface area contributed by atoms with Crippen LogP contribution in [0.1, 0.15) is 0 Å². The molecule has 8 heteroatoms. The predicted octanol–water partition coefficient (Wildman–Crippen LogP) is 0.719. The van der Waals surface area contributed by atoms with Gasteiger partial charge >= 0.3 is 0 Å². The molecule has 1 unspecified atom stereocenters. The quantitative estimate of drug-likeness (QED) is 0.565. The number of fused-ring (bicyclic) bond motifs is 1. The Morgan fingerprint density at radius 3 is 3.25 bits per heavy atom. The van der Waals surface area contributed by atoms with Gasteiger partial charge in [-0.25, -0.2) is 10.8 Å². The van der Waals surface area contributed by atoms with Gasteiger partial charge in [0.05, 0.1) is 18.1 Å². The lowest BCUT2D eigenvalue weighted by atomic mass is 10.2. The van der Waals surface area contributed by atoms with E-state index >= 15 is 0 Å². The molecular formula is C12H18N6OS. The number of thiophene rings is 1. The molecule has 0 saturated carbocycles. The lowest BCUT2D eigenvalue weighted by Gasteiger charge is -2.30. The van der Waals surface area contributed by atoms with Crippen LogP contribution >= 0.6 is 11.3 Å². The SMILES string of the molecule is CN1CCOC(CNc2nc(NN)nc3sccc23)C1. The number of nitrogens with one attached hydrogen (secondary N) is 2. The number of nitrogens with two attached hydrogens (primary N) is 1. The molecule has 4 N–H and O–H groups in total. The van der Waals surface area contributed by atoms with Gasteiger partial charge in [-0.1, -0.05) is 0 Å². The maximum atomic E-state index is 5.73. The van der Waals surface area contributed by atoms with E-state index in [1.54, 1.807) is 11.3 Å². The highest BCUT2D eigenvalue weighted by Gasteiger charge is 2.18. The predicted molar refractivity (Wildman–Crippen MR) is 81.0 cm³/mol. The smallest absolute Gasteiger partial charge is 0.240 e. The van der Waals surface area contributed by atoms with Crippen molar-refractivity contribution in [2.45, 2.75) is 6.10 Å².